The van der Waals surface area contributed by atoms with E-state index in [4.69, 9.17) is 11.6 Å². The molecule has 0 atom stereocenters. The van der Waals surface area contributed by atoms with Gasteiger partial charge in [-0.3, -0.25) is 19.7 Å². The van der Waals surface area contributed by atoms with Crippen molar-refractivity contribution in [3.05, 3.63) is 103 Å². The van der Waals surface area contributed by atoms with Crippen molar-refractivity contribution in [3.8, 4) is 0 Å². The van der Waals surface area contributed by atoms with Gasteiger partial charge >= 0.3 is 0 Å². The highest BCUT2D eigenvalue weighted by Gasteiger charge is 2.15. The van der Waals surface area contributed by atoms with Crippen LogP contribution in [0.15, 0.2) is 76.8 Å². The van der Waals surface area contributed by atoms with Crippen molar-refractivity contribution in [2.45, 2.75) is 0 Å². The number of hydrogen-bond acceptors (Lipinski definition) is 6. The number of hydrogen-bond donors (Lipinski definition) is 2. The van der Waals surface area contributed by atoms with Crippen molar-refractivity contribution in [2.24, 2.45) is 5.10 Å². The zero-order valence-corrected chi connectivity index (χ0v) is 17.4. The molecule has 156 valence electrons. The summed E-state index contributed by atoms with van der Waals surface area (Å²) in [7, 11) is 0. The normalized spacial score (nSPS) is 11.3. The summed E-state index contributed by atoms with van der Waals surface area (Å²) >= 11 is 7.18. The second-order valence-electron chi connectivity index (χ2n) is 6.06. The fourth-order valence-electron chi connectivity index (χ4n) is 2.43. The summed E-state index contributed by atoms with van der Waals surface area (Å²) in [5, 5.41) is 19.2. The summed E-state index contributed by atoms with van der Waals surface area (Å²) < 4.78 is 0. The molecular formula is C21H15ClN4O4S. The van der Waals surface area contributed by atoms with Crippen molar-refractivity contribution in [3.63, 3.8) is 0 Å². The number of nitrogens with zero attached hydrogens (tertiary/aromatic N) is 2. The lowest BCUT2D eigenvalue weighted by molar-refractivity contribution is -0.384. The van der Waals surface area contributed by atoms with Gasteiger partial charge in [0.25, 0.3) is 17.5 Å². The topological polar surface area (TPSA) is 114 Å². The van der Waals surface area contributed by atoms with E-state index in [0.717, 1.165) is 4.88 Å². The van der Waals surface area contributed by atoms with Crippen LogP contribution >= 0.6 is 22.9 Å². The minimum atomic E-state index is -0.655. The monoisotopic (exact) mass is 454 g/mol. The molecule has 10 heteroatoms. The van der Waals surface area contributed by atoms with Crippen LogP contribution in [0.25, 0.3) is 6.08 Å². The SMILES string of the molecule is O=C(NN=Cc1ccc(Cl)c([N+](=O)[O-])c1)/C(=C\c1cccs1)NC(=O)c1ccccc1. The summed E-state index contributed by atoms with van der Waals surface area (Å²) in [6.07, 6.45) is 2.77. The maximum Gasteiger partial charge on any atom is 0.288 e. The van der Waals surface area contributed by atoms with Crippen LogP contribution in [0, 0.1) is 10.1 Å². The van der Waals surface area contributed by atoms with Gasteiger partial charge in [-0.15, -0.1) is 11.3 Å². The first-order valence-electron chi connectivity index (χ1n) is 8.83. The first-order chi connectivity index (χ1) is 14.9. The molecule has 3 rings (SSSR count). The number of nitro benzene ring substituents is 1. The Morgan fingerprint density at radius 3 is 2.55 bits per heavy atom. The van der Waals surface area contributed by atoms with E-state index in [1.54, 1.807) is 36.4 Å². The van der Waals surface area contributed by atoms with Crippen LogP contribution in [-0.4, -0.2) is 23.0 Å². The number of carbonyl (C=O) groups excluding carboxylic acids is 2. The van der Waals surface area contributed by atoms with Gasteiger partial charge in [-0.05, 0) is 35.7 Å². The lowest BCUT2D eigenvalue weighted by atomic mass is 10.2. The van der Waals surface area contributed by atoms with Crippen LogP contribution in [0.3, 0.4) is 0 Å². The van der Waals surface area contributed by atoms with Gasteiger partial charge in [0.2, 0.25) is 0 Å². The fourth-order valence-corrected chi connectivity index (χ4v) is 3.28. The molecule has 1 aromatic heterocycles. The lowest BCUT2D eigenvalue weighted by Gasteiger charge is -2.08. The highest BCUT2D eigenvalue weighted by Crippen LogP contribution is 2.24. The molecule has 2 amide bonds. The lowest BCUT2D eigenvalue weighted by Crippen LogP contribution is -2.32. The van der Waals surface area contributed by atoms with Crippen molar-refractivity contribution in [1.82, 2.24) is 10.7 Å². The average molecular weight is 455 g/mol. The van der Waals surface area contributed by atoms with Gasteiger partial charge in [0.05, 0.1) is 11.1 Å². The molecule has 0 radical (unpaired) electrons. The Kier molecular flexibility index (Phi) is 7.26. The maximum atomic E-state index is 12.6. The number of carbonyl (C=O) groups is 2. The number of benzene rings is 2. The third kappa shape index (κ3) is 6.08. The van der Waals surface area contributed by atoms with E-state index in [-0.39, 0.29) is 16.4 Å². The van der Waals surface area contributed by atoms with E-state index < -0.39 is 16.7 Å². The molecule has 0 aliphatic heterocycles. The largest absolute Gasteiger partial charge is 0.317 e. The second kappa shape index (κ2) is 10.3. The highest BCUT2D eigenvalue weighted by atomic mass is 35.5. The Hall–Kier alpha value is -3.82. The van der Waals surface area contributed by atoms with Crippen molar-refractivity contribution in [2.75, 3.05) is 0 Å². The zero-order valence-electron chi connectivity index (χ0n) is 15.8. The van der Waals surface area contributed by atoms with Crippen molar-refractivity contribution in [1.29, 1.82) is 0 Å². The Bertz CT molecular complexity index is 1160. The minimum absolute atomic E-state index is 0.00372. The van der Waals surface area contributed by atoms with Gasteiger partial charge in [-0.25, -0.2) is 5.43 Å². The molecule has 2 aromatic carbocycles. The van der Waals surface area contributed by atoms with Gasteiger partial charge in [0.1, 0.15) is 10.7 Å². The van der Waals surface area contributed by atoms with Gasteiger partial charge in [0.15, 0.2) is 0 Å². The molecule has 0 bridgehead atoms. The van der Waals surface area contributed by atoms with Crippen LogP contribution in [0.5, 0.6) is 0 Å². The molecule has 0 aliphatic rings. The van der Waals surface area contributed by atoms with Crippen LogP contribution in [0.2, 0.25) is 5.02 Å². The van der Waals surface area contributed by atoms with Crippen LogP contribution in [0.1, 0.15) is 20.8 Å². The Balaban J connectivity index is 1.76. The van der Waals surface area contributed by atoms with Gasteiger partial charge in [-0.1, -0.05) is 41.9 Å². The third-order valence-corrected chi connectivity index (χ3v) is 5.04. The number of amides is 2. The molecule has 0 saturated heterocycles. The van der Waals surface area contributed by atoms with Crippen LogP contribution < -0.4 is 10.7 Å². The maximum absolute atomic E-state index is 12.6. The number of rotatable bonds is 7. The Labute approximate surface area is 186 Å². The van der Waals surface area contributed by atoms with E-state index in [1.165, 1.54) is 41.8 Å². The first kappa shape index (κ1) is 21.9. The molecule has 3 aromatic rings. The summed E-state index contributed by atoms with van der Waals surface area (Å²) in [5.74, 6) is -1.10. The number of nitrogens with one attached hydrogen (secondary N) is 2. The van der Waals surface area contributed by atoms with E-state index in [1.807, 2.05) is 11.4 Å². The second-order valence-corrected chi connectivity index (χ2v) is 7.45. The molecule has 0 saturated carbocycles. The Morgan fingerprint density at radius 1 is 1.10 bits per heavy atom. The van der Waals surface area contributed by atoms with Gasteiger partial charge in [-0.2, -0.15) is 5.10 Å². The molecule has 0 aliphatic carbocycles. The molecule has 8 nitrogen and oxygen atoms in total. The first-order valence-corrected chi connectivity index (χ1v) is 10.1. The van der Waals surface area contributed by atoms with Crippen LogP contribution in [-0.2, 0) is 4.79 Å². The summed E-state index contributed by atoms with van der Waals surface area (Å²) in [4.78, 5) is 36.2. The minimum Gasteiger partial charge on any atom is -0.317 e. The number of thiophene rings is 1. The molecule has 1 heterocycles. The fraction of sp³-hybridized carbons (Fsp3) is 0. The van der Waals surface area contributed by atoms with Crippen LogP contribution in [0.4, 0.5) is 5.69 Å². The molecule has 0 unspecified atom stereocenters. The highest BCUT2D eigenvalue weighted by molar-refractivity contribution is 7.10. The molecule has 0 spiro atoms. The van der Waals surface area contributed by atoms with E-state index in [2.05, 4.69) is 15.8 Å². The number of hydrazone groups is 1. The number of halogens is 1. The smallest absolute Gasteiger partial charge is 0.288 e. The third-order valence-electron chi connectivity index (χ3n) is 3.91. The van der Waals surface area contributed by atoms with E-state index in [0.29, 0.717) is 11.1 Å². The van der Waals surface area contributed by atoms with Crippen molar-refractivity contribution >= 4 is 52.7 Å². The molecule has 2 N–H and O–H groups in total. The quantitative estimate of drug-likeness (QED) is 0.240. The Morgan fingerprint density at radius 2 is 1.87 bits per heavy atom. The number of nitro groups is 1. The average Bonchev–Trinajstić information content (AvgIpc) is 3.28. The predicted octanol–water partition coefficient (Wildman–Crippen LogP) is 4.23. The zero-order chi connectivity index (χ0) is 22.2. The summed E-state index contributed by atoms with van der Waals surface area (Å²) in [6, 6.07) is 16.2. The van der Waals surface area contributed by atoms with Gasteiger partial charge in [0, 0.05) is 22.1 Å². The van der Waals surface area contributed by atoms with E-state index >= 15 is 0 Å². The summed E-state index contributed by atoms with van der Waals surface area (Å²) in [6.45, 7) is 0. The standard InChI is InChI=1S/C21H15ClN4O4S/c22-17-9-8-14(11-19(17)26(29)30)13-23-25-21(28)18(12-16-7-4-10-31-16)24-20(27)15-5-2-1-3-6-15/h1-13H,(H,24,27)(H,25,28)/b18-12+,23-13?. The summed E-state index contributed by atoms with van der Waals surface area (Å²) in [5.41, 5.74) is 2.80. The van der Waals surface area contributed by atoms with E-state index in [9.17, 15) is 19.7 Å². The van der Waals surface area contributed by atoms with Crippen molar-refractivity contribution < 1.29 is 14.5 Å². The predicted molar refractivity (Wildman–Crippen MR) is 120 cm³/mol. The molecule has 31 heavy (non-hydrogen) atoms. The molecule has 0 fully saturated rings. The molecular weight excluding hydrogens is 440 g/mol. The van der Waals surface area contributed by atoms with Gasteiger partial charge < -0.3 is 5.32 Å².